The predicted molar refractivity (Wildman–Crippen MR) is 144 cm³/mol. The van der Waals surface area contributed by atoms with Gasteiger partial charge in [0.1, 0.15) is 18.2 Å². The van der Waals surface area contributed by atoms with Crippen molar-refractivity contribution in [2.45, 2.75) is 13.5 Å². The van der Waals surface area contributed by atoms with Gasteiger partial charge >= 0.3 is 0 Å². The quantitative estimate of drug-likeness (QED) is 0.120. The third-order valence-corrected chi connectivity index (χ3v) is 6.06. The number of nitro benzene ring substituents is 1. The van der Waals surface area contributed by atoms with E-state index in [0.717, 1.165) is 17.7 Å². The Morgan fingerprint density at radius 2 is 1.73 bits per heavy atom. The molecule has 3 rings (SSSR count). The van der Waals surface area contributed by atoms with Gasteiger partial charge in [-0.3, -0.25) is 14.9 Å². The first kappa shape index (κ1) is 28.1. The van der Waals surface area contributed by atoms with E-state index in [0.29, 0.717) is 22.9 Å². The second-order valence-corrected chi connectivity index (χ2v) is 8.94. The van der Waals surface area contributed by atoms with Crippen LogP contribution < -0.4 is 14.8 Å². The number of benzene rings is 3. The van der Waals surface area contributed by atoms with Crippen LogP contribution in [-0.2, 0) is 11.4 Å². The van der Waals surface area contributed by atoms with Gasteiger partial charge in [0.2, 0.25) is 0 Å². The summed E-state index contributed by atoms with van der Waals surface area (Å²) in [6.45, 7) is 2.21. The monoisotopic (exact) mass is 579 g/mol. The van der Waals surface area contributed by atoms with Crippen LogP contribution in [0.15, 0.2) is 54.1 Å². The molecule has 0 bridgehead atoms. The second-order valence-electron chi connectivity index (χ2n) is 7.31. The minimum atomic E-state index is -0.840. The Morgan fingerprint density at radius 3 is 2.32 bits per heavy atom. The summed E-state index contributed by atoms with van der Waals surface area (Å²) >= 11 is 24.7. The zero-order valence-electron chi connectivity index (χ0n) is 19.1. The maximum Gasteiger partial charge on any atom is 0.272 e. The molecule has 0 saturated carbocycles. The number of ether oxygens (including phenoxy) is 2. The molecule has 0 aliphatic carbocycles. The molecule has 0 fully saturated rings. The number of amides is 1. The van der Waals surface area contributed by atoms with Crippen molar-refractivity contribution >= 4 is 69.8 Å². The van der Waals surface area contributed by atoms with Crippen molar-refractivity contribution in [1.82, 2.24) is 0 Å². The highest BCUT2D eigenvalue weighted by molar-refractivity contribution is 6.40. The van der Waals surface area contributed by atoms with E-state index < -0.39 is 10.8 Å². The standard InChI is InChI=1S/C25H17Cl4N3O5/c1-2-36-22-9-14(8-21(29)24(22)37-13-15-5-3-4-6-18(15)26)7-16(12-30)25(33)31-23-19(27)10-17(32(34)35)11-20(23)28/h3-11H,2,13H2,1H3,(H,31,33)/b16-7+. The number of nitriles is 1. The highest BCUT2D eigenvalue weighted by atomic mass is 35.5. The first-order valence-electron chi connectivity index (χ1n) is 10.5. The Hall–Kier alpha value is -3.48. The molecule has 0 saturated heterocycles. The van der Waals surface area contributed by atoms with E-state index in [4.69, 9.17) is 55.9 Å². The maximum atomic E-state index is 12.8. The van der Waals surface area contributed by atoms with Gasteiger partial charge in [-0.2, -0.15) is 5.26 Å². The number of rotatable bonds is 9. The van der Waals surface area contributed by atoms with Gasteiger partial charge in [0, 0.05) is 22.7 Å². The molecule has 8 nitrogen and oxygen atoms in total. The van der Waals surface area contributed by atoms with E-state index in [2.05, 4.69) is 5.32 Å². The predicted octanol–water partition coefficient (Wildman–Crippen LogP) is 7.73. The maximum absolute atomic E-state index is 12.8. The topological polar surface area (TPSA) is 114 Å². The number of anilines is 1. The third-order valence-electron chi connectivity index (χ3n) is 4.81. The van der Waals surface area contributed by atoms with Crippen molar-refractivity contribution in [3.63, 3.8) is 0 Å². The number of carbonyl (C=O) groups is 1. The van der Waals surface area contributed by atoms with Crippen molar-refractivity contribution in [2.75, 3.05) is 11.9 Å². The molecule has 0 aromatic heterocycles. The highest BCUT2D eigenvalue weighted by Gasteiger charge is 2.19. The van der Waals surface area contributed by atoms with Crippen LogP contribution in [-0.4, -0.2) is 17.4 Å². The lowest BCUT2D eigenvalue weighted by atomic mass is 10.1. The van der Waals surface area contributed by atoms with Crippen LogP contribution in [0, 0.1) is 21.4 Å². The molecule has 190 valence electrons. The molecular formula is C25H17Cl4N3O5. The molecule has 0 heterocycles. The second kappa shape index (κ2) is 12.7. The van der Waals surface area contributed by atoms with Crippen molar-refractivity contribution in [1.29, 1.82) is 5.26 Å². The van der Waals surface area contributed by atoms with E-state index in [9.17, 15) is 20.2 Å². The molecule has 37 heavy (non-hydrogen) atoms. The molecule has 1 amide bonds. The summed E-state index contributed by atoms with van der Waals surface area (Å²) in [4.78, 5) is 23.1. The van der Waals surface area contributed by atoms with Gasteiger partial charge in [0.25, 0.3) is 11.6 Å². The van der Waals surface area contributed by atoms with Crippen molar-refractivity contribution in [3.8, 4) is 17.6 Å². The number of hydrogen-bond acceptors (Lipinski definition) is 6. The lowest BCUT2D eigenvalue weighted by molar-refractivity contribution is -0.384. The summed E-state index contributed by atoms with van der Waals surface area (Å²) < 4.78 is 11.5. The molecule has 0 aliphatic rings. The fourth-order valence-corrected chi connectivity index (χ4v) is 4.15. The van der Waals surface area contributed by atoms with E-state index in [1.807, 2.05) is 12.1 Å². The van der Waals surface area contributed by atoms with E-state index in [1.165, 1.54) is 12.1 Å². The largest absolute Gasteiger partial charge is 0.490 e. The number of nitrogens with one attached hydrogen (secondary N) is 1. The summed E-state index contributed by atoms with van der Waals surface area (Å²) in [6.07, 6.45) is 1.29. The molecule has 0 unspecified atom stereocenters. The number of nitrogens with zero attached hydrogens (tertiary/aromatic N) is 2. The van der Waals surface area contributed by atoms with Gasteiger partial charge < -0.3 is 14.8 Å². The Balaban J connectivity index is 1.89. The van der Waals surface area contributed by atoms with E-state index in [-0.39, 0.29) is 44.4 Å². The van der Waals surface area contributed by atoms with Crippen molar-refractivity contribution in [3.05, 3.63) is 95.4 Å². The van der Waals surface area contributed by atoms with Gasteiger partial charge in [-0.15, -0.1) is 0 Å². The number of hydrogen-bond donors (Lipinski definition) is 1. The van der Waals surface area contributed by atoms with Crippen molar-refractivity contribution < 1.29 is 19.2 Å². The Bertz CT molecular complexity index is 1410. The van der Waals surface area contributed by atoms with Crippen molar-refractivity contribution in [2.24, 2.45) is 0 Å². The normalized spacial score (nSPS) is 11.0. The molecule has 0 atom stereocenters. The van der Waals surface area contributed by atoms with Crippen LogP contribution in [0.4, 0.5) is 11.4 Å². The average Bonchev–Trinajstić information content (AvgIpc) is 2.85. The van der Waals surface area contributed by atoms with Crippen LogP contribution >= 0.6 is 46.4 Å². The molecular weight excluding hydrogens is 564 g/mol. The summed E-state index contributed by atoms with van der Waals surface area (Å²) in [6, 6.07) is 14.1. The Morgan fingerprint density at radius 1 is 1.05 bits per heavy atom. The third kappa shape index (κ3) is 7.06. The van der Waals surface area contributed by atoms with Gasteiger partial charge in [-0.25, -0.2) is 0 Å². The van der Waals surface area contributed by atoms with E-state index in [1.54, 1.807) is 31.2 Å². The van der Waals surface area contributed by atoms with E-state index >= 15 is 0 Å². The van der Waals surface area contributed by atoms with Crippen LogP contribution in [0.3, 0.4) is 0 Å². The first-order chi connectivity index (χ1) is 17.6. The lowest BCUT2D eigenvalue weighted by Gasteiger charge is -2.15. The minimum absolute atomic E-state index is 0.0727. The summed E-state index contributed by atoms with van der Waals surface area (Å²) in [5, 5.41) is 23.4. The molecule has 0 aliphatic heterocycles. The first-order valence-corrected chi connectivity index (χ1v) is 12.0. The molecule has 3 aromatic rings. The number of halogens is 4. The van der Waals surface area contributed by atoms with Crippen LogP contribution in [0.25, 0.3) is 6.08 Å². The molecule has 12 heteroatoms. The van der Waals surface area contributed by atoms with Gasteiger partial charge in [-0.05, 0) is 36.8 Å². The molecule has 1 N–H and O–H groups in total. The minimum Gasteiger partial charge on any atom is -0.490 e. The zero-order valence-corrected chi connectivity index (χ0v) is 22.1. The van der Waals surface area contributed by atoms with Crippen LogP contribution in [0.5, 0.6) is 11.5 Å². The summed E-state index contributed by atoms with van der Waals surface area (Å²) in [7, 11) is 0. The molecule has 3 aromatic carbocycles. The highest BCUT2D eigenvalue weighted by Crippen LogP contribution is 2.39. The van der Waals surface area contributed by atoms with Gasteiger partial charge in [0.05, 0.1) is 32.3 Å². The van der Waals surface area contributed by atoms with Crippen LogP contribution in [0.2, 0.25) is 20.1 Å². The lowest BCUT2D eigenvalue weighted by Crippen LogP contribution is -2.14. The Kier molecular flexibility index (Phi) is 9.61. The molecule has 0 spiro atoms. The number of nitro groups is 1. The molecule has 0 radical (unpaired) electrons. The smallest absolute Gasteiger partial charge is 0.272 e. The SMILES string of the molecule is CCOc1cc(/C=C(\C#N)C(=O)Nc2c(Cl)cc([N+](=O)[O-])cc2Cl)cc(Cl)c1OCc1ccccc1Cl. The fourth-order valence-electron chi connectivity index (χ4n) is 3.12. The zero-order chi connectivity index (χ0) is 27.1. The number of carbonyl (C=O) groups excluding carboxylic acids is 1. The fraction of sp³-hybridized carbons (Fsp3) is 0.120. The van der Waals surface area contributed by atoms with Crippen LogP contribution in [0.1, 0.15) is 18.1 Å². The Labute approximate surface area is 232 Å². The number of non-ortho nitro benzene ring substituents is 1. The summed E-state index contributed by atoms with van der Waals surface area (Å²) in [5.41, 5.74) is 0.397. The summed E-state index contributed by atoms with van der Waals surface area (Å²) in [5.74, 6) is -0.270. The average molecular weight is 581 g/mol. The van der Waals surface area contributed by atoms with Gasteiger partial charge in [-0.1, -0.05) is 64.6 Å². The van der Waals surface area contributed by atoms with Gasteiger partial charge in [0.15, 0.2) is 11.5 Å².